The van der Waals surface area contributed by atoms with Gasteiger partial charge in [0.25, 0.3) is 11.2 Å². The van der Waals surface area contributed by atoms with E-state index in [-0.39, 0.29) is 16.3 Å². The zero-order chi connectivity index (χ0) is 23.5. The molecule has 32 heavy (non-hydrogen) atoms. The number of carbonyl (C=O) groups is 1. The van der Waals surface area contributed by atoms with Gasteiger partial charge in [-0.2, -0.15) is 4.31 Å². The number of sulfonamides is 1. The standard InChI is InChI=1S/C20H25N5O6S/c1-22(2)18-8-7-16(32(30,31)24-10-4-3-5-11-24)12-17(18)21-19(26)14-23-13-15(25(28)29)6-9-20(23)27/h6-9,12-13H,3-5,10-11,14H2,1-2H3,(H,21,26). The monoisotopic (exact) mass is 463 g/mol. The van der Waals surface area contributed by atoms with Crippen molar-refractivity contribution in [2.75, 3.05) is 37.4 Å². The van der Waals surface area contributed by atoms with E-state index in [1.54, 1.807) is 25.1 Å². The lowest BCUT2D eigenvalue weighted by Gasteiger charge is -2.26. The first-order chi connectivity index (χ1) is 15.1. The molecule has 1 aliphatic rings. The topological polar surface area (TPSA) is 135 Å². The van der Waals surface area contributed by atoms with Gasteiger partial charge in [0.1, 0.15) is 6.54 Å². The van der Waals surface area contributed by atoms with Crippen LogP contribution in [-0.4, -0.2) is 55.3 Å². The van der Waals surface area contributed by atoms with Gasteiger partial charge in [0, 0.05) is 39.3 Å². The summed E-state index contributed by atoms with van der Waals surface area (Å²) in [6.07, 6.45) is 3.59. The number of hydrogen-bond acceptors (Lipinski definition) is 7. The van der Waals surface area contributed by atoms with Crippen LogP contribution in [0.15, 0.2) is 46.2 Å². The second-order valence-electron chi connectivity index (χ2n) is 7.70. The molecule has 0 radical (unpaired) electrons. The Morgan fingerprint density at radius 3 is 2.47 bits per heavy atom. The number of amides is 1. The summed E-state index contributed by atoms with van der Waals surface area (Å²) < 4.78 is 28.4. The zero-order valence-corrected chi connectivity index (χ0v) is 18.7. The van der Waals surface area contributed by atoms with Crippen LogP contribution in [0.2, 0.25) is 0 Å². The third-order valence-electron chi connectivity index (χ3n) is 5.17. The maximum absolute atomic E-state index is 13.0. The Balaban J connectivity index is 1.89. The van der Waals surface area contributed by atoms with Crippen molar-refractivity contribution in [1.29, 1.82) is 0 Å². The maximum Gasteiger partial charge on any atom is 0.285 e. The van der Waals surface area contributed by atoms with Crippen molar-refractivity contribution in [2.24, 2.45) is 0 Å². The Labute approximate surface area is 185 Å². The summed E-state index contributed by atoms with van der Waals surface area (Å²) in [5.74, 6) is -0.622. The van der Waals surface area contributed by atoms with E-state index in [4.69, 9.17) is 0 Å². The number of nitro groups is 1. The van der Waals surface area contributed by atoms with Crippen molar-refractivity contribution in [3.05, 3.63) is 57.0 Å². The van der Waals surface area contributed by atoms with Crippen molar-refractivity contribution >= 4 is 33.0 Å². The highest BCUT2D eigenvalue weighted by atomic mass is 32.2. The predicted octanol–water partition coefficient (Wildman–Crippen LogP) is 1.64. The molecule has 1 N–H and O–H groups in total. The largest absolute Gasteiger partial charge is 0.376 e. The van der Waals surface area contributed by atoms with Gasteiger partial charge in [0.15, 0.2) is 0 Å². The summed E-state index contributed by atoms with van der Waals surface area (Å²) in [4.78, 5) is 36.7. The molecule has 1 saturated heterocycles. The van der Waals surface area contributed by atoms with Crippen LogP contribution < -0.4 is 15.8 Å². The van der Waals surface area contributed by atoms with Crippen LogP contribution in [0.5, 0.6) is 0 Å². The lowest BCUT2D eigenvalue weighted by Crippen LogP contribution is -2.35. The van der Waals surface area contributed by atoms with Crippen molar-refractivity contribution in [3.63, 3.8) is 0 Å². The Kier molecular flexibility index (Phi) is 6.94. The minimum Gasteiger partial charge on any atom is -0.376 e. The van der Waals surface area contributed by atoms with Gasteiger partial charge in [0.05, 0.1) is 27.4 Å². The average molecular weight is 464 g/mol. The fourth-order valence-corrected chi connectivity index (χ4v) is 5.06. The van der Waals surface area contributed by atoms with E-state index in [9.17, 15) is 28.1 Å². The summed E-state index contributed by atoms with van der Waals surface area (Å²) in [6, 6.07) is 6.58. The predicted molar refractivity (Wildman–Crippen MR) is 119 cm³/mol. The number of nitrogens with zero attached hydrogens (tertiary/aromatic N) is 4. The molecule has 0 bridgehead atoms. The van der Waals surface area contributed by atoms with Crippen LogP contribution in [-0.2, 0) is 21.4 Å². The molecular weight excluding hydrogens is 438 g/mol. The highest BCUT2D eigenvalue weighted by Crippen LogP contribution is 2.30. The van der Waals surface area contributed by atoms with E-state index in [2.05, 4.69) is 5.32 Å². The molecule has 1 fully saturated rings. The van der Waals surface area contributed by atoms with Gasteiger partial charge in [-0.05, 0) is 31.0 Å². The first-order valence-corrected chi connectivity index (χ1v) is 11.5. The first-order valence-electron chi connectivity index (χ1n) is 10.1. The van der Waals surface area contributed by atoms with Crippen LogP contribution >= 0.6 is 0 Å². The highest BCUT2D eigenvalue weighted by Gasteiger charge is 2.27. The lowest BCUT2D eigenvalue weighted by molar-refractivity contribution is -0.385. The van der Waals surface area contributed by atoms with Crippen LogP contribution in [0.25, 0.3) is 0 Å². The zero-order valence-electron chi connectivity index (χ0n) is 17.9. The summed E-state index contributed by atoms with van der Waals surface area (Å²) in [6.45, 7) is 0.445. The average Bonchev–Trinajstić information content (AvgIpc) is 2.75. The summed E-state index contributed by atoms with van der Waals surface area (Å²) in [5, 5.41) is 13.6. The molecule has 11 nitrogen and oxygen atoms in total. The molecule has 3 rings (SSSR count). The molecule has 0 saturated carbocycles. The lowest BCUT2D eigenvalue weighted by atomic mass is 10.2. The van der Waals surface area contributed by atoms with Crippen molar-refractivity contribution in [2.45, 2.75) is 30.7 Å². The van der Waals surface area contributed by atoms with Crippen molar-refractivity contribution in [1.82, 2.24) is 8.87 Å². The Bertz CT molecular complexity index is 1190. The maximum atomic E-state index is 13.0. The molecule has 1 aromatic carbocycles. The number of pyridine rings is 1. The number of benzene rings is 1. The van der Waals surface area contributed by atoms with E-state index in [0.717, 1.165) is 42.2 Å². The molecule has 172 valence electrons. The van der Waals surface area contributed by atoms with Gasteiger partial charge in [-0.25, -0.2) is 8.42 Å². The normalized spacial score (nSPS) is 14.7. The molecule has 2 aromatic rings. The summed E-state index contributed by atoms with van der Waals surface area (Å²) in [7, 11) is -0.220. The molecular formula is C20H25N5O6S. The van der Waals surface area contributed by atoms with E-state index in [1.165, 1.54) is 16.4 Å². The molecule has 0 spiro atoms. The number of anilines is 2. The van der Waals surface area contributed by atoms with Crippen molar-refractivity contribution in [3.8, 4) is 0 Å². The summed E-state index contributed by atoms with van der Waals surface area (Å²) in [5.41, 5.74) is -0.0556. The number of aromatic nitrogens is 1. The first kappa shape index (κ1) is 23.4. The SMILES string of the molecule is CN(C)c1ccc(S(=O)(=O)N2CCCCC2)cc1NC(=O)Cn1cc([N+](=O)[O-])ccc1=O. The Morgan fingerprint density at radius 1 is 1.16 bits per heavy atom. The third kappa shape index (κ3) is 5.14. The summed E-state index contributed by atoms with van der Waals surface area (Å²) >= 11 is 0. The molecule has 1 amide bonds. The Morgan fingerprint density at radius 2 is 1.84 bits per heavy atom. The smallest absolute Gasteiger partial charge is 0.285 e. The van der Waals surface area contributed by atoms with E-state index < -0.39 is 33.0 Å². The molecule has 0 atom stereocenters. The number of hydrogen-bond donors (Lipinski definition) is 1. The molecule has 2 heterocycles. The van der Waals surface area contributed by atoms with E-state index in [1.807, 2.05) is 0 Å². The molecule has 0 unspecified atom stereocenters. The van der Waals surface area contributed by atoms with Crippen molar-refractivity contribution < 1.29 is 18.1 Å². The number of rotatable bonds is 7. The molecule has 12 heteroatoms. The quantitative estimate of drug-likeness (QED) is 0.487. The van der Waals surface area contributed by atoms with E-state index in [0.29, 0.717) is 18.8 Å². The van der Waals surface area contributed by atoms with Gasteiger partial charge in [0.2, 0.25) is 15.9 Å². The number of carbonyl (C=O) groups excluding carboxylic acids is 1. The highest BCUT2D eigenvalue weighted by molar-refractivity contribution is 7.89. The number of piperidine rings is 1. The minimum atomic E-state index is -3.71. The van der Waals surface area contributed by atoms with Gasteiger partial charge < -0.3 is 10.2 Å². The van der Waals surface area contributed by atoms with Gasteiger partial charge in [-0.15, -0.1) is 0 Å². The van der Waals surface area contributed by atoms with Crippen LogP contribution in [0.3, 0.4) is 0 Å². The molecule has 1 aliphatic heterocycles. The fraction of sp³-hybridized carbons (Fsp3) is 0.400. The second kappa shape index (κ2) is 9.49. The molecule has 1 aromatic heterocycles. The second-order valence-corrected chi connectivity index (χ2v) is 9.63. The third-order valence-corrected chi connectivity index (χ3v) is 7.06. The van der Waals surface area contributed by atoms with Crippen LogP contribution in [0.1, 0.15) is 19.3 Å². The minimum absolute atomic E-state index is 0.0628. The van der Waals surface area contributed by atoms with Gasteiger partial charge >= 0.3 is 0 Å². The fourth-order valence-electron chi connectivity index (χ4n) is 3.51. The number of nitrogens with one attached hydrogen (secondary N) is 1. The Hall–Kier alpha value is -3.25. The molecule has 0 aliphatic carbocycles. The van der Waals surface area contributed by atoms with E-state index >= 15 is 0 Å². The van der Waals surface area contributed by atoms with Crippen LogP contribution in [0, 0.1) is 10.1 Å². The van der Waals surface area contributed by atoms with Gasteiger partial charge in [-0.1, -0.05) is 6.42 Å². The van der Waals surface area contributed by atoms with Crippen LogP contribution in [0.4, 0.5) is 17.1 Å². The van der Waals surface area contributed by atoms with Gasteiger partial charge in [-0.3, -0.25) is 24.3 Å².